The van der Waals surface area contributed by atoms with Gasteiger partial charge in [-0.3, -0.25) is 0 Å². The Labute approximate surface area is 399 Å². The van der Waals surface area contributed by atoms with E-state index in [0.717, 1.165) is 0 Å². The van der Waals surface area contributed by atoms with Crippen molar-refractivity contribution in [1.82, 2.24) is 0 Å². The second-order valence-corrected chi connectivity index (χ2v) is 25.8. The molecular weight excluding hydrogens is 816 g/mol. The SMILES string of the molecule is CC(C)(C)c1ccc(N2c3cc(-c4ccccc4)cc4c3B(c3cc(C(C)(C)C)cc5c3N4C3(C)CCCCC53C)c3sc4cc5c(cc4c32)C(C)(C)CCC5(C)C)c(-c2ccccc2)c1. The van der Waals surface area contributed by atoms with Crippen LogP contribution in [-0.2, 0) is 27.1 Å². The Hall–Kier alpha value is -5.06. The highest BCUT2D eigenvalue weighted by atomic mass is 32.1. The van der Waals surface area contributed by atoms with Gasteiger partial charge in [0.15, 0.2) is 0 Å². The van der Waals surface area contributed by atoms with Crippen LogP contribution >= 0.6 is 11.3 Å². The molecular formula is C62H67BN2S. The molecule has 0 spiro atoms. The number of benzene rings is 6. The molecule has 0 bridgehead atoms. The molecule has 0 radical (unpaired) electrons. The minimum atomic E-state index is -0.0715. The van der Waals surface area contributed by atoms with Crippen LogP contribution in [0.1, 0.15) is 149 Å². The normalized spacial score (nSPS) is 22.2. The van der Waals surface area contributed by atoms with E-state index in [0.29, 0.717) is 0 Å². The van der Waals surface area contributed by atoms with Gasteiger partial charge in [-0.2, -0.15) is 0 Å². The van der Waals surface area contributed by atoms with Crippen LogP contribution in [0.15, 0.2) is 115 Å². The number of hydrogen-bond acceptors (Lipinski definition) is 3. The molecule has 2 atom stereocenters. The molecule has 4 heterocycles. The highest BCUT2D eigenvalue weighted by Gasteiger charge is 2.62. The number of hydrogen-bond donors (Lipinski definition) is 0. The van der Waals surface area contributed by atoms with Crippen molar-refractivity contribution in [3.8, 4) is 22.3 Å². The van der Waals surface area contributed by atoms with Crippen molar-refractivity contribution in [1.29, 1.82) is 0 Å². The van der Waals surface area contributed by atoms with Crippen molar-refractivity contribution >= 4 is 72.3 Å². The van der Waals surface area contributed by atoms with Gasteiger partial charge in [-0.25, -0.2) is 0 Å². The Balaban J connectivity index is 1.27. The molecule has 5 aliphatic rings. The summed E-state index contributed by atoms with van der Waals surface area (Å²) in [5.41, 5.74) is 22.5. The predicted molar refractivity (Wildman–Crippen MR) is 288 cm³/mol. The molecule has 1 saturated carbocycles. The van der Waals surface area contributed by atoms with E-state index < -0.39 is 0 Å². The molecule has 0 amide bonds. The molecule has 7 aromatic rings. The topological polar surface area (TPSA) is 6.48 Å². The van der Waals surface area contributed by atoms with E-state index in [4.69, 9.17) is 0 Å². The average molecular weight is 883 g/mol. The van der Waals surface area contributed by atoms with Crippen LogP contribution in [0.5, 0.6) is 0 Å². The fourth-order valence-corrected chi connectivity index (χ4v) is 14.7. The summed E-state index contributed by atoms with van der Waals surface area (Å²) in [6.07, 6.45) is 7.32. The van der Waals surface area contributed by atoms with Gasteiger partial charge in [0.2, 0.25) is 0 Å². The maximum atomic E-state index is 2.92. The van der Waals surface area contributed by atoms with Gasteiger partial charge in [0, 0.05) is 42.9 Å². The molecule has 12 rings (SSSR count). The zero-order valence-corrected chi connectivity index (χ0v) is 42.4. The molecule has 6 aromatic carbocycles. The molecule has 2 nitrogen and oxygen atoms in total. The van der Waals surface area contributed by atoms with Gasteiger partial charge >= 0.3 is 0 Å². The Bertz CT molecular complexity index is 3160. The van der Waals surface area contributed by atoms with E-state index in [1.807, 2.05) is 0 Å². The molecule has 2 aliphatic carbocycles. The molecule has 0 saturated heterocycles. The van der Waals surface area contributed by atoms with E-state index in [1.165, 1.54) is 137 Å². The maximum Gasteiger partial charge on any atom is 0.264 e. The Morgan fingerprint density at radius 2 is 1.15 bits per heavy atom. The molecule has 4 heteroatoms. The lowest BCUT2D eigenvalue weighted by Gasteiger charge is -2.52. The first-order valence-corrected chi connectivity index (χ1v) is 25.9. The summed E-state index contributed by atoms with van der Waals surface area (Å²) in [4.78, 5) is 5.70. The number of rotatable bonds is 3. The molecule has 0 N–H and O–H groups in total. The van der Waals surface area contributed by atoms with Crippen LogP contribution < -0.4 is 25.5 Å². The van der Waals surface area contributed by atoms with Crippen molar-refractivity contribution in [2.75, 3.05) is 9.80 Å². The van der Waals surface area contributed by atoms with E-state index >= 15 is 0 Å². The van der Waals surface area contributed by atoms with Gasteiger partial charge in [-0.1, -0.05) is 168 Å². The molecule has 334 valence electrons. The quantitative estimate of drug-likeness (QED) is 0.163. The van der Waals surface area contributed by atoms with Crippen molar-refractivity contribution in [3.63, 3.8) is 0 Å². The van der Waals surface area contributed by atoms with Gasteiger partial charge in [-0.05, 0) is 146 Å². The highest BCUT2D eigenvalue weighted by molar-refractivity contribution is 7.33. The van der Waals surface area contributed by atoms with Crippen LogP contribution in [-0.4, -0.2) is 12.3 Å². The minimum Gasteiger partial charge on any atom is -0.335 e. The Kier molecular flexibility index (Phi) is 8.83. The first-order chi connectivity index (χ1) is 31.2. The van der Waals surface area contributed by atoms with Gasteiger partial charge in [0.25, 0.3) is 6.71 Å². The summed E-state index contributed by atoms with van der Waals surface area (Å²) in [5, 5.41) is 1.40. The van der Waals surface area contributed by atoms with Crippen molar-refractivity contribution < 1.29 is 0 Å². The van der Waals surface area contributed by atoms with Gasteiger partial charge < -0.3 is 9.80 Å². The monoisotopic (exact) mass is 883 g/mol. The third-order valence-electron chi connectivity index (χ3n) is 17.8. The van der Waals surface area contributed by atoms with Gasteiger partial charge in [0.05, 0.1) is 16.9 Å². The standard InChI is InChI=1S/C62H67BN2S/c1-57(2,3)41-25-26-49(43(33-41)39-23-17-14-18-24-39)64-50-31-40(38-21-15-13-16-22-38)32-51-53(50)63(56-54(64)44-36-45-46(37-52(44)66-56)60(9,10)30-29-59(45,7)8)48-35-42(58(4,5)6)34-47-55(48)65(51)62(12)28-20-19-27-61(47,62)11/h13-18,21-26,31-37H,19-20,27-30H2,1-12H3. The molecule has 2 unspecified atom stereocenters. The number of anilines is 5. The van der Waals surface area contributed by atoms with E-state index in [1.54, 1.807) is 5.56 Å². The Morgan fingerprint density at radius 1 is 0.530 bits per heavy atom. The van der Waals surface area contributed by atoms with E-state index in [9.17, 15) is 0 Å². The first-order valence-electron chi connectivity index (χ1n) is 25.1. The lowest BCUT2D eigenvalue weighted by molar-refractivity contribution is 0.195. The van der Waals surface area contributed by atoms with Crippen molar-refractivity contribution in [2.24, 2.45) is 0 Å². The van der Waals surface area contributed by atoms with Crippen molar-refractivity contribution in [2.45, 2.75) is 154 Å². The summed E-state index contributed by atoms with van der Waals surface area (Å²) >= 11 is 2.09. The zero-order valence-electron chi connectivity index (χ0n) is 41.6. The molecule has 3 aliphatic heterocycles. The summed E-state index contributed by atoms with van der Waals surface area (Å²) in [5.74, 6) is 0. The fourth-order valence-electron chi connectivity index (χ4n) is 13.4. The summed E-state index contributed by atoms with van der Waals surface area (Å²) in [6.45, 7) is 29.7. The van der Waals surface area contributed by atoms with Crippen LogP contribution in [0.4, 0.5) is 28.4 Å². The van der Waals surface area contributed by atoms with Crippen LogP contribution in [0.3, 0.4) is 0 Å². The molecule has 1 fully saturated rings. The third-order valence-corrected chi connectivity index (χ3v) is 19.0. The number of fused-ring (bicyclic) bond motifs is 10. The smallest absolute Gasteiger partial charge is 0.264 e. The largest absolute Gasteiger partial charge is 0.335 e. The third kappa shape index (κ3) is 5.79. The van der Waals surface area contributed by atoms with Crippen molar-refractivity contribution in [3.05, 3.63) is 143 Å². The fraction of sp³-hybridized carbons (Fsp3) is 0.387. The van der Waals surface area contributed by atoms with E-state index in [-0.39, 0.29) is 39.3 Å². The maximum absolute atomic E-state index is 2.92. The van der Waals surface area contributed by atoms with Crippen LogP contribution in [0.25, 0.3) is 32.3 Å². The number of thiophene rings is 1. The van der Waals surface area contributed by atoms with Gasteiger partial charge in [-0.15, -0.1) is 11.3 Å². The lowest BCUT2D eigenvalue weighted by atomic mass is 9.36. The highest BCUT2D eigenvalue weighted by Crippen LogP contribution is 2.63. The lowest BCUT2D eigenvalue weighted by Crippen LogP contribution is -2.64. The van der Waals surface area contributed by atoms with Crippen LogP contribution in [0, 0.1) is 0 Å². The first kappa shape index (κ1) is 42.3. The van der Waals surface area contributed by atoms with Crippen LogP contribution in [0.2, 0.25) is 0 Å². The van der Waals surface area contributed by atoms with Gasteiger partial charge in [0.1, 0.15) is 0 Å². The predicted octanol–water partition coefficient (Wildman–Crippen LogP) is 15.5. The molecule has 1 aromatic heterocycles. The van der Waals surface area contributed by atoms with E-state index in [2.05, 4.69) is 219 Å². The Morgan fingerprint density at radius 3 is 1.82 bits per heavy atom. The summed E-state index contributed by atoms with van der Waals surface area (Å²) < 4.78 is 2.90. The average Bonchev–Trinajstić information content (AvgIpc) is 3.76. The summed E-state index contributed by atoms with van der Waals surface area (Å²) in [7, 11) is 0. The second-order valence-electron chi connectivity index (χ2n) is 24.7. The summed E-state index contributed by atoms with van der Waals surface area (Å²) in [6, 6.07) is 45.7. The zero-order chi connectivity index (χ0) is 46.1. The molecule has 66 heavy (non-hydrogen) atoms. The minimum absolute atomic E-state index is 0.0000467. The second kappa shape index (κ2) is 13.8. The number of nitrogens with zero attached hydrogens (tertiary/aromatic N) is 2.